The molecule has 0 saturated carbocycles. The highest BCUT2D eigenvalue weighted by Gasteiger charge is 2.13. The van der Waals surface area contributed by atoms with Crippen molar-refractivity contribution in [2.24, 2.45) is 0 Å². The Labute approximate surface area is 156 Å². The summed E-state index contributed by atoms with van der Waals surface area (Å²) in [6.07, 6.45) is 1.40. The van der Waals surface area contributed by atoms with Gasteiger partial charge in [0.25, 0.3) is 11.8 Å². The fraction of sp³-hybridized carbons (Fsp3) is 0.0476. The molecule has 0 spiro atoms. The second-order valence-corrected chi connectivity index (χ2v) is 5.84. The van der Waals surface area contributed by atoms with Crippen molar-refractivity contribution in [3.05, 3.63) is 89.7 Å². The number of nitrogens with zero attached hydrogens (tertiary/aromatic N) is 1. The summed E-state index contributed by atoms with van der Waals surface area (Å²) >= 11 is 0. The molecule has 0 aliphatic carbocycles. The predicted molar refractivity (Wildman–Crippen MR) is 103 cm³/mol. The minimum atomic E-state index is -0.408. The molecular formula is C21H17N3O3. The first-order valence-corrected chi connectivity index (χ1v) is 8.28. The third-order valence-corrected chi connectivity index (χ3v) is 3.81. The molecule has 6 nitrogen and oxygen atoms in total. The van der Waals surface area contributed by atoms with E-state index in [1.165, 1.54) is 25.3 Å². The normalized spacial score (nSPS) is 10.1. The van der Waals surface area contributed by atoms with Crippen LogP contribution in [0.3, 0.4) is 0 Å². The monoisotopic (exact) mass is 359 g/mol. The lowest BCUT2D eigenvalue weighted by molar-refractivity contribution is 0.100. The van der Waals surface area contributed by atoms with E-state index in [9.17, 15) is 14.4 Å². The third-order valence-electron chi connectivity index (χ3n) is 3.81. The highest BCUT2D eigenvalue weighted by molar-refractivity contribution is 6.08. The lowest BCUT2D eigenvalue weighted by atomic mass is 10.1. The van der Waals surface area contributed by atoms with E-state index >= 15 is 0 Å². The lowest BCUT2D eigenvalue weighted by Crippen LogP contribution is -2.17. The van der Waals surface area contributed by atoms with Gasteiger partial charge in [-0.1, -0.05) is 30.3 Å². The largest absolute Gasteiger partial charge is 0.322 e. The summed E-state index contributed by atoms with van der Waals surface area (Å²) in [5.41, 5.74) is 2.06. The fourth-order valence-corrected chi connectivity index (χ4v) is 2.43. The second kappa shape index (κ2) is 8.05. The van der Waals surface area contributed by atoms with Crippen molar-refractivity contribution < 1.29 is 14.4 Å². The molecule has 1 heterocycles. The van der Waals surface area contributed by atoms with Gasteiger partial charge in [-0.25, -0.2) is 0 Å². The van der Waals surface area contributed by atoms with Crippen LogP contribution < -0.4 is 10.6 Å². The molecule has 0 fully saturated rings. The van der Waals surface area contributed by atoms with Gasteiger partial charge in [-0.05, 0) is 43.3 Å². The number of amides is 2. The van der Waals surface area contributed by atoms with Crippen molar-refractivity contribution in [2.45, 2.75) is 6.92 Å². The number of para-hydroxylation sites is 1. The summed E-state index contributed by atoms with van der Waals surface area (Å²) in [6, 6.07) is 18.6. The van der Waals surface area contributed by atoms with Gasteiger partial charge in [0.05, 0.1) is 0 Å². The van der Waals surface area contributed by atoms with Gasteiger partial charge in [0.2, 0.25) is 0 Å². The first kappa shape index (κ1) is 18.0. The minimum absolute atomic E-state index is 0.0881. The summed E-state index contributed by atoms with van der Waals surface area (Å²) in [7, 11) is 0. The zero-order valence-electron chi connectivity index (χ0n) is 14.6. The molecule has 2 amide bonds. The molecule has 0 bridgehead atoms. The van der Waals surface area contributed by atoms with E-state index in [0.717, 1.165) is 0 Å². The van der Waals surface area contributed by atoms with Crippen LogP contribution in [0.4, 0.5) is 11.4 Å². The number of Topliss-reactive ketones (excluding diaryl/α,β-unsaturated/α-hetero) is 1. The van der Waals surface area contributed by atoms with Gasteiger partial charge in [0, 0.05) is 28.7 Å². The van der Waals surface area contributed by atoms with Crippen LogP contribution in [0.25, 0.3) is 0 Å². The molecule has 3 rings (SSSR count). The van der Waals surface area contributed by atoms with Crippen molar-refractivity contribution in [1.82, 2.24) is 4.98 Å². The summed E-state index contributed by atoms with van der Waals surface area (Å²) in [5, 5.41) is 5.44. The molecule has 0 atom stereocenters. The summed E-state index contributed by atoms with van der Waals surface area (Å²) in [5.74, 6) is -0.892. The molecule has 0 unspecified atom stereocenters. The number of benzene rings is 2. The zero-order valence-corrected chi connectivity index (χ0v) is 14.6. The van der Waals surface area contributed by atoms with Crippen molar-refractivity contribution in [1.29, 1.82) is 0 Å². The number of anilines is 2. The van der Waals surface area contributed by atoms with Crippen LogP contribution in [-0.2, 0) is 0 Å². The predicted octanol–water partition coefficient (Wildman–Crippen LogP) is 3.79. The van der Waals surface area contributed by atoms with Crippen LogP contribution in [0.5, 0.6) is 0 Å². The van der Waals surface area contributed by atoms with Crippen molar-refractivity contribution in [2.75, 3.05) is 10.6 Å². The van der Waals surface area contributed by atoms with Gasteiger partial charge in [-0.15, -0.1) is 0 Å². The number of nitrogens with one attached hydrogen (secondary N) is 2. The quantitative estimate of drug-likeness (QED) is 0.679. The molecular weight excluding hydrogens is 342 g/mol. The van der Waals surface area contributed by atoms with E-state index in [0.29, 0.717) is 16.9 Å². The van der Waals surface area contributed by atoms with E-state index in [1.54, 1.807) is 36.4 Å². The maximum atomic E-state index is 12.5. The molecule has 3 aromatic rings. The number of carbonyl (C=O) groups is 3. The number of hydrogen-bond acceptors (Lipinski definition) is 4. The zero-order chi connectivity index (χ0) is 19.2. The Morgan fingerprint density at radius 2 is 1.44 bits per heavy atom. The average molecular weight is 359 g/mol. The molecule has 0 saturated heterocycles. The third kappa shape index (κ3) is 4.64. The van der Waals surface area contributed by atoms with Gasteiger partial charge < -0.3 is 10.6 Å². The first-order valence-electron chi connectivity index (χ1n) is 8.28. The fourth-order valence-electron chi connectivity index (χ4n) is 2.43. The Kier molecular flexibility index (Phi) is 5.37. The van der Waals surface area contributed by atoms with E-state index in [1.807, 2.05) is 18.2 Å². The molecule has 6 heteroatoms. The van der Waals surface area contributed by atoms with Gasteiger partial charge in [-0.3, -0.25) is 19.4 Å². The highest BCUT2D eigenvalue weighted by atomic mass is 16.2. The maximum Gasteiger partial charge on any atom is 0.274 e. The Hall–Kier alpha value is -3.80. The van der Waals surface area contributed by atoms with Gasteiger partial charge in [0.1, 0.15) is 5.69 Å². The van der Waals surface area contributed by atoms with Gasteiger partial charge >= 0.3 is 0 Å². The summed E-state index contributed by atoms with van der Waals surface area (Å²) < 4.78 is 0. The van der Waals surface area contributed by atoms with Crippen LogP contribution in [0.15, 0.2) is 72.9 Å². The van der Waals surface area contributed by atoms with Crippen molar-refractivity contribution >= 4 is 29.0 Å². The van der Waals surface area contributed by atoms with Gasteiger partial charge in [-0.2, -0.15) is 0 Å². The Balaban J connectivity index is 1.74. The maximum absolute atomic E-state index is 12.5. The standard InChI is InChI=1S/C21H17N3O3/c1-14(25)15-6-5-9-18(12-15)24-20(26)16-10-11-22-19(13-16)21(27)23-17-7-3-2-4-8-17/h2-13H,1H3,(H,23,27)(H,24,26). The molecule has 0 aliphatic rings. The van der Waals surface area contributed by atoms with E-state index in [4.69, 9.17) is 0 Å². The number of rotatable bonds is 5. The Morgan fingerprint density at radius 1 is 0.741 bits per heavy atom. The number of ketones is 1. The van der Waals surface area contributed by atoms with Crippen molar-refractivity contribution in [3.8, 4) is 0 Å². The number of hydrogen-bond donors (Lipinski definition) is 2. The molecule has 0 aliphatic heterocycles. The summed E-state index contributed by atoms with van der Waals surface area (Å²) in [6.45, 7) is 1.46. The smallest absolute Gasteiger partial charge is 0.274 e. The topological polar surface area (TPSA) is 88.2 Å². The molecule has 2 aromatic carbocycles. The Morgan fingerprint density at radius 3 is 2.19 bits per heavy atom. The van der Waals surface area contributed by atoms with Crippen molar-refractivity contribution in [3.63, 3.8) is 0 Å². The average Bonchev–Trinajstić information content (AvgIpc) is 2.69. The molecule has 0 radical (unpaired) electrons. The van der Waals surface area contributed by atoms with E-state index in [-0.39, 0.29) is 17.0 Å². The van der Waals surface area contributed by atoms with Crippen LogP contribution >= 0.6 is 0 Å². The van der Waals surface area contributed by atoms with Crippen LogP contribution in [0.1, 0.15) is 38.1 Å². The molecule has 134 valence electrons. The SMILES string of the molecule is CC(=O)c1cccc(NC(=O)c2ccnc(C(=O)Nc3ccccc3)c2)c1. The Bertz CT molecular complexity index is 1000. The number of carbonyl (C=O) groups excluding carboxylic acids is 3. The summed E-state index contributed by atoms with van der Waals surface area (Å²) in [4.78, 5) is 40.3. The van der Waals surface area contributed by atoms with Crippen LogP contribution in [0, 0.1) is 0 Å². The molecule has 2 N–H and O–H groups in total. The molecule has 1 aromatic heterocycles. The van der Waals surface area contributed by atoms with Gasteiger partial charge in [0.15, 0.2) is 5.78 Å². The second-order valence-electron chi connectivity index (χ2n) is 5.84. The lowest BCUT2D eigenvalue weighted by Gasteiger charge is -2.08. The minimum Gasteiger partial charge on any atom is -0.322 e. The van der Waals surface area contributed by atoms with E-state index < -0.39 is 11.8 Å². The highest BCUT2D eigenvalue weighted by Crippen LogP contribution is 2.14. The molecule has 27 heavy (non-hydrogen) atoms. The van der Waals surface area contributed by atoms with E-state index in [2.05, 4.69) is 15.6 Å². The van der Waals surface area contributed by atoms with Crippen LogP contribution in [0.2, 0.25) is 0 Å². The first-order chi connectivity index (χ1) is 13.0. The number of aromatic nitrogens is 1. The van der Waals surface area contributed by atoms with Crippen LogP contribution in [-0.4, -0.2) is 22.6 Å². The number of pyridine rings is 1.